The lowest BCUT2D eigenvalue weighted by atomic mass is 10.1. The number of carbonyl (C=O) groups excluding carboxylic acids is 1. The van der Waals surface area contributed by atoms with Crippen LogP contribution in [0.1, 0.15) is 34.8 Å². The van der Waals surface area contributed by atoms with Crippen molar-refractivity contribution >= 4 is 43.2 Å². The molecule has 4 rings (SSSR count). The van der Waals surface area contributed by atoms with Gasteiger partial charge in [0.1, 0.15) is 0 Å². The fourth-order valence-corrected chi connectivity index (χ4v) is 5.73. The normalized spacial score (nSPS) is 12.3. The number of thiazole rings is 1. The number of anilines is 1. The van der Waals surface area contributed by atoms with E-state index < -0.39 is 15.9 Å². The molecule has 3 aromatic carbocycles. The predicted octanol–water partition coefficient (Wildman–Crippen LogP) is 5.27. The van der Waals surface area contributed by atoms with E-state index in [4.69, 9.17) is 0 Å². The first-order valence-electron chi connectivity index (χ1n) is 10.7. The van der Waals surface area contributed by atoms with Gasteiger partial charge in [-0.3, -0.25) is 9.52 Å². The summed E-state index contributed by atoms with van der Waals surface area (Å²) in [5.74, 6) is -0.416. The van der Waals surface area contributed by atoms with Crippen LogP contribution in [-0.2, 0) is 16.6 Å². The van der Waals surface area contributed by atoms with Crippen LogP contribution in [0.2, 0.25) is 0 Å². The Balaban J connectivity index is 1.70. The minimum atomic E-state index is -3.75. The summed E-state index contributed by atoms with van der Waals surface area (Å²) in [7, 11) is -3.75. The van der Waals surface area contributed by atoms with Crippen LogP contribution < -0.4 is 9.52 Å². The van der Waals surface area contributed by atoms with Crippen LogP contribution in [0.3, 0.4) is 0 Å². The van der Waals surface area contributed by atoms with Crippen molar-refractivity contribution in [1.82, 2.24) is 4.57 Å². The van der Waals surface area contributed by atoms with E-state index in [-0.39, 0.29) is 4.90 Å². The van der Waals surface area contributed by atoms with Crippen molar-refractivity contribution in [3.63, 3.8) is 0 Å². The molecule has 0 fully saturated rings. The Bertz CT molecular complexity index is 1500. The Labute approximate surface area is 197 Å². The quantitative estimate of drug-likeness (QED) is 0.409. The SMILES string of the molecule is CCCn1c(=NC(=O)c2cccc(NS(=O)(=O)c3ccccc3)c2)sc2cc(C)c(C)cc21. The van der Waals surface area contributed by atoms with Crippen LogP contribution in [0.5, 0.6) is 0 Å². The highest BCUT2D eigenvalue weighted by atomic mass is 32.2. The fourth-order valence-electron chi connectivity index (χ4n) is 3.53. The van der Waals surface area contributed by atoms with Gasteiger partial charge in [0.05, 0.1) is 15.1 Å². The van der Waals surface area contributed by atoms with Crippen LogP contribution in [0.4, 0.5) is 5.69 Å². The molecular formula is C25H25N3O3S2. The number of amides is 1. The summed E-state index contributed by atoms with van der Waals surface area (Å²) in [6.07, 6.45) is 0.914. The van der Waals surface area contributed by atoms with E-state index in [2.05, 4.69) is 47.2 Å². The smallest absolute Gasteiger partial charge is 0.279 e. The lowest BCUT2D eigenvalue weighted by Crippen LogP contribution is -2.17. The van der Waals surface area contributed by atoms with E-state index in [9.17, 15) is 13.2 Å². The molecule has 1 aromatic heterocycles. The minimum absolute atomic E-state index is 0.155. The molecule has 0 aliphatic carbocycles. The second kappa shape index (κ2) is 9.33. The summed E-state index contributed by atoms with van der Waals surface area (Å²) < 4.78 is 30.9. The number of benzene rings is 3. The molecule has 0 unspecified atom stereocenters. The molecule has 0 saturated heterocycles. The first-order chi connectivity index (χ1) is 15.8. The van der Waals surface area contributed by atoms with Gasteiger partial charge in [-0.25, -0.2) is 8.42 Å². The number of aryl methyl sites for hydroxylation is 3. The molecule has 0 atom stereocenters. The third-order valence-electron chi connectivity index (χ3n) is 5.36. The van der Waals surface area contributed by atoms with Gasteiger partial charge in [-0.05, 0) is 73.9 Å². The van der Waals surface area contributed by atoms with Gasteiger partial charge in [-0.15, -0.1) is 0 Å². The lowest BCUT2D eigenvalue weighted by Gasteiger charge is -2.08. The third kappa shape index (κ3) is 4.91. The number of hydrogen-bond acceptors (Lipinski definition) is 4. The summed E-state index contributed by atoms with van der Waals surface area (Å²) in [6.45, 7) is 6.99. The number of fused-ring (bicyclic) bond motifs is 1. The number of rotatable bonds is 6. The Morgan fingerprint density at radius 2 is 1.73 bits per heavy atom. The van der Waals surface area contributed by atoms with Crippen molar-refractivity contribution in [3.05, 3.63) is 88.2 Å². The number of carbonyl (C=O) groups is 1. The lowest BCUT2D eigenvalue weighted by molar-refractivity contribution is 0.0998. The number of aromatic nitrogens is 1. The van der Waals surface area contributed by atoms with Crippen molar-refractivity contribution < 1.29 is 13.2 Å². The van der Waals surface area contributed by atoms with Gasteiger partial charge in [0.15, 0.2) is 4.80 Å². The Morgan fingerprint density at radius 1 is 1.00 bits per heavy atom. The maximum absolute atomic E-state index is 13.0. The van der Waals surface area contributed by atoms with Crippen LogP contribution in [0, 0.1) is 13.8 Å². The van der Waals surface area contributed by atoms with E-state index in [0.29, 0.717) is 16.1 Å². The maximum atomic E-state index is 13.0. The van der Waals surface area contributed by atoms with Gasteiger partial charge >= 0.3 is 0 Å². The summed E-state index contributed by atoms with van der Waals surface area (Å²) in [5.41, 5.74) is 4.09. The van der Waals surface area contributed by atoms with Gasteiger partial charge in [0, 0.05) is 17.8 Å². The van der Waals surface area contributed by atoms with Crippen molar-refractivity contribution in [2.24, 2.45) is 4.99 Å². The third-order valence-corrected chi connectivity index (χ3v) is 7.80. The van der Waals surface area contributed by atoms with Crippen molar-refractivity contribution in [2.75, 3.05) is 4.72 Å². The average Bonchev–Trinajstić information content (AvgIpc) is 3.10. The highest BCUT2D eigenvalue weighted by Gasteiger charge is 2.15. The van der Waals surface area contributed by atoms with Crippen molar-refractivity contribution in [2.45, 2.75) is 38.6 Å². The van der Waals surface area contributed by atoms with E-state index in [0.717, 1.165) is 23.2 Å². The molecule has 1 heterocycles. The zero-order valence-electron chi connectivity index (χ0n) is 18.7. The first-order valence-corrected chi connectivity index (χ1v) is 13.0. The molecule has 8 heteroatoms. The van der Waals surface area contributed by atoms with Crippen LogP contribution in [0.25, 0.3) is 10.2 Å². The summed E-state index contributed by atoms with van der Waals surface area (Å²) in [5, 5.41) is 0. The number of sulfonamides is 1. The number of hydrogen-bond donors (Lipinski definition) is 1. The first kappa shape index (κ1) is 22.9. The van der Waals surface area contributed by atoms with Gasteiger partial charge in [0.2, 0.25) is 0 Å². The second-order valence-corrected chi connectivity index (χ2v) is 10.5. The average molecular weight is 480 g/mol. The molecule has 4 aromatic rings. The summed E-state index contributed by atoms with van der Waals surface area (Å²) >= 11 is 1.49. The predicted molar refractivity (Wildman–Crippen MR) is 133 cm³/mol. The molecule has 33 heavy (non-hydrogen) atoms. The Morgan fingerprint density at radius 3 is 2.45 bits per heavy atom. The fraction of sp³-hybridized carbons (Fsp3) is 0.200. The van der Waals surface area contributed by atoms with E-state index >= 15 is 0 Å². The van der Waals surface area contributed by atoms with Crippen molar-refractivity contribution in [1.29, 1.82) is 0 Å². The molecule has 1 N–H and O–H groups in total. The van der Waals surface area contributed by atoms with Gasteiger partial charge < -0.3 is 4.57 Å². The van der Waals surface area contributed by atoms with Crippen LogP contribution in [0.15, 0.2) is 76.6 Å². The molecule has 6 nitrogen and oxygen atoms in total. The molecule has 0 spiro atoms. The molecule has 170 valence electrons. The van der Waals surface area contributed by atoms with E-state index in [1.165, 1.54) is 40.7 Å². The van der Waals surface area contributed by atoms with Gasteiger partial charge in [-0.2, -0.15) is 4.99 Å². The molecular weight excluding hydrogens is 454 g/mol. The Hall–Kier alpha value is -3.23. The molecule has 0 aliphatic heterocycles. The highest BCUT2D eigenvalue weighted by Crippen LogP contribution is 2.23. The van der Waals surface area contributed by atoms with Crippen LogP contribution >= 0.6 is 11.3 Å². The minimum Gasteiger partial charge on any atom is -0.316 e. The molecule has 0 radical (unpaired) electrons. The van der Waals surface area contributed by atoms with Crippen LogP contribution in [-0.4, -0.2) is 18.9 Å². The zero-order chi connectivity index (χ0) is 23.6. The van der Waals surface area contributed by atoms with Gasteiger partial charge in [0.25, 0.3) is 15.9 Å². The largest absolute Gasteiger partial charge is 0.316 e. The topological polar surface area (TPSA) is 80.5 Å². The zero-order valence-corrected chi connectivity index (χ0v) is 20.3. The van der Waals surface area contributed by atoms with E-state index in [1.807, 2.05) is 0 Å². The molecule has 0 aliphatic rings. The Kier molecular flexibility index (Phi) is 6.49. The number of nitrogens with zero attached hydrogens (tertiary/aromatic N) is 2. The number of nitrogens with one attached hydrogen (secondary N) is 1. The molecule has 0 bridgehead atoms. The van der Waals surface area contributed by atoms with Gasteiger partial charge in [-0.1, -0.05) is 42.5 Å². The highest BCUT2D eigenvalue weighted by molar-refractivity contribution is 7.92. The second-order valence-electron chi connectivity index (χ2n) is 7.86. The molecule has 0 saturated carbocycles. The maximum Gasteiger partial charge on any atom is 0.279 e. The monoisotopic (exact) mass is 479 g/mol. The van der Waals surface area contributed by atoms with Crippen molar-refractivity contribution in [3.8, 4) is 0 Å². The van der Waals surface area contributed by atoms with E-state index in [1.54, 1.807) is 36.4 Å². The standard InChI is InChI=1S/C25H25N3O3S2/c1-4-13-28-22-14-17(2)18(3)15-23(22)32-25(28)26-24(29)19-9-8-10-20(16-19)27-33(30,31)21-11-6-5-7-12-21/h5-12,14-16,27H,4,13H2,1-3H3. The molecule has 1 amide bonds. The summed E-state index contributed by atoms with van der Waals surface area (Å²) in [4.78, 5) is 18.2. The summed E-state index contributed by atoms with van der Waals surface area (Å²) in [6, 6.07) is 18.8.